The monoisotopic (exact) mass is 413 g/mol. The van der Waals surface area contributed by atoms with Gasteiger partial charge in [-0.15, -0.1) is 0 Å². The summed E-state index contributed by atoms with van der Waals surface area (Å²) >= 11 is 0. The molecule has 2 aromatic carbocycles. The first-order valence-electron chi connectivity index (χ1n) is 9.57. The Morgan fingerprint density at radius 3 is 2.53 bits per heavy atom. The fourth-order valence-electron chi connectivity index (χ4n) is 3.46. The largest absolute Gasteiger partial charge is 0.493 e. The number of nitrogens with one attached hydrogen (secondary N) is 1. The lowest BCUT2D eigenvalue weighted by atomic mass is 10.2. The Hall–Kier alpha value is -3.62. The van der Waals surface area contributed by atoms with E-state index in [1.807, 2.05) is 6.07 Å². The minimum Gasteiger partial charge on any atom is -0.493 e. The van der Waals surface area contributed by atoms with Crippen LogP contribution in [0.4, 0.5) is 16.2 Å². The van der Waals surface area contributed by atoms with Crippen molar-refractivity contribution in [3.63, 3.8) is 0 Å². The molecule has 0 atom stereocenters. The fraction of sp³-hybridized carbons (Fsp3) is 0.333. The summed E-state index contributed by atoms with van der Waals surface area (Å²) in [5, 5.41) is 2.79. The molecular weight excluding hydrogens is 390 g/mol. The predicted octanol–water partition coefficient (Wildman–Crippen LogP) is 2.36. The second kappa shape index (κ2) is 8.40. The Labute approximate surface area is 174 Å². The molecule has 4 rings (SSSR count). The number of hydrogen-bond acceptors (Lipinski definition) is 6. The molecule has 1 fully saturated rings. The van der Waals surface area contributed by atoms with Gasteiger partial charge >= 0.3 is 6.03 Å². The molecule has 0 radical (unpaired) electrons. The highest BCUT2D eigenvalue weighted by Crippen LogP contribution is 2.35. The van der Waals surface area contributed by atoms with Gasteiger partial charge in [0.2, 0.25) is 5.91 Å². The van der Waals surface area contributed by atoms with E-state index in [0.29, 0.717) is 60.7 Å². The number of fused-ring (bicyclic) bond motifs is 1. The molecule has 9 nitrogen and oxygen atoms in total. The van der Waals surface area contributed by atoms with Crippen LogP contribution in [0.5, 0.6) is 23.0 Å². The molecule has 0 aliphatic carbocycles. The Bertz CT molecular complexity index is 964. The topological polar surface area (TPSA) is 89.6 Å². The van der Waals surface area contributed by atoms with Crippen molar-refractivity contribution < 1.29 is 28.5 Å². The number of hydrogen-bond donors (Lipinski definition) is 1. The van der Waals surface area contributed by atoms with Crippen LogP contribution < -0.4 is 29.2 Å². The van der Waals surface area contributed by atoms with E-state index >= 15 is 0 Å². The summed E-state index contributed by atoms with van der Waals surface area (Å²) in [7, 11) is 3.07. The van der Waals surface area contributed by atoms with Gasteiger partial charge in [-0.25, -0.2) is 4.79 Å². The second-order valence-corrected chi connectivity index (χ2v) is 6.80. The highest BCUT2D eigenvalue weighted by atomic mass is 16.6. The van der Waals surface area contributed by atoms with Crippen molar-refractivity contribution in [2.45, 2.75) is 0 Å². The minimum absolute atomic E-state index is 0.0474. The highest BCUT2D eigenvalue weighted by Gasteiger charge is 2.31. The van der Waals surface area contributed by atoms with Gasteiger partial charge in [-0.2, -0.15) is 0 Å². The van der Waals surface area contributed by atoms with Gasteiger partial charge in [0.05, 0.1) is 14.2 Å². The van der Waals surface area contributed by atoms with E-state index < -0.39 is 0 Å². The molecule has 30 heavy (non-hydrogen) atoms. The molecule has 1 saturated heterocycles. The molecule has 2 aliphatic heterocycles. The van der Waals surface area contributed by atoms with Gasteiger partial charge in [-0.05, 0) is 24.3 Å². The van der Waals surface area contributed by atoms with Crippen LogP contribution in [-0.2, 0) is 4.79 Å². The first-order chi connectivity index (χ1) is 14.6. The Morgan fingerprint density at radius 1 is 1.00 bits per heavy atom. The highest BCUT2D eigenvalue weighted by molar-refractivity contribution is 5.99. The third-order valence-electron chi connectivity index (χ3n) is 4.93. The summed E-state index contributed by atoms with van der Waals surface area (Å²) < 4.78 is 21.6. The molecule has 3 amide bonds. The lowest BCUT2D eigenvalue weighted by molar-refractivity contribution is -0.116. The van der Waals surface area contributed by atoms with E-state index in [1.165, 1.54) is 12.0 Å². The third kappa shape index (κ3) is 3.91. The van der Waals surface area contributed by atoms with Crippen LogP contribution in [0.3, 0.4) is 0 Å². The van der Waals surface area contributed by atoms with Gasteiger partial charge in [0.15, 0.2) is 23.0 Å². The Balaban J connectivity index is 1.39. The van der Waals surface area contributed by atoms with Gasteiger partial charge < -0.3 is 29.2 Å². The number of carbonyl (C=O) groups excluding carboxylic acids is 2. The number of ether oxygens (including phenoxy) is 4. The van der Waals surface area contributed by atoms with Crippen molar-refractivity contribution in [2.75, 3.05) is 57.3 Å². The molecule has 9 heteroatoms. The maximum atomic E-state index is 12.8. The van der Waals surface area contributed by atoms with Crippen LogP contribution in [0, 0.1) is 0 Å². The van der Waals surface area contributed by atoms with Crippen LogP contribution >= 0.6 is 0 Å². The van der Waals surface area contributed by atoms with Crippen molar-refractivity contribution in [1.29, 1.82) is 0 Å². The van der Waals surface area contributed by atoms with Crippen molar-refractivity contribution in [3.05, 3.63) is 36.4 Å². The van der Waals surface area contributed by atoms with E-state index in [2.05, 4.69) is 5.32 Å². The number of anilines is 2. The molecule has 2 heterocycles. The number of nitrogens with zero attached hydrogens (tertiary/aromatic N) is 2. The van der Waals surface area contributed by atoms with Gasteiger partial charge in [-0.3, -0.25) is 9.69 Å². The second-order valence-electron chi connectivity index (χ2n) is 6.80. The number of carbonyl (C=O) groups is 2. The summed E-state index contributed by atoms with van der Waals surface area (Å²) in [6.45, 7) is 1.88. The molecular formula is C21H23N3O6. The quantitative estimate of drug-likeness (QED) is 0.782. The van der Waals surface area contributed by atoms with E-state index in [1.54, 1.807) is 42.3 Å². The van der Waals surface area contributed by atoms with Crippen LogP contribution in [0.15, 0.2) is 36.4 Å². The average Bonchev–Trinajstić information content (AvgIpc) is 3.13. The smallest absolute Gasteiger partial charge is 0.325 e. The van der Waals surface area contributed by atoms with Crippen LogP contribution in [0.25, 0.3) is 0 Å². The van der Waals surface area contributed by atoms with Gasteiger partial charge in [-0.1, -0.05) is 0 Å². The zero-order valence-corrected chi connectivity index (χ0v) is 16.8. The molecule has 158 valence electrons. The number of urea groups is 1. The van der Waals surface area contributed by atoms with E-state index in [4.69, 9.17) is 18.9 Å². The van der Waals surface area contributed by atoms with Crippen LogP contribution in [-0.4, -0.2) is 63.9 Å². The zero-order valence-electron chi connectivity index (χ0n) is 16.8. The number of benzene rings is 2. The van der Waals surface area contributed by atoms with Crippen molar-refractivity contribution in [3.8, 4) is 23.0 Å². The summed E-state index contributed by atoms with van der Waals surface area (Å²) in [5.41, 5.74) is 1.28. The van der Waals surface area contributed by atoms with Gasteiger partial charge in [0.1, 0.15) is 19.8 Å². The molecule has 1 N–H and O–H groups in total. The number of methoxy groups -OCH3 is 2. The molecule has 0 saturated carbocycles. The van der Waals surface area contributed by atoms with Gasteiger partial charge in [0.25, 0.3) is 0 Å². The maximum absolute atomic E-state index is 12.8. The lowest BCUT2D eigenvalue weighted by Crippen LogP contribution is -2.37. The Morgan fingerprint density at radius 2 is 1.77 bits per heavy atom. The lowest BCUT2D eigenvalue weighted by Gasteiger charge is -2.22. The number of amides is 3. The summed E-state index contributed by atoms with van der Waals surface area (Å²) in [5.74, 6) is 2.08. The molecule has 2 aliphatic rings. The van der Waals surface area contributed by atoms with E-state index in [0.717, 1.165) is 0 Å². The molecule has 0 aromatic heterocycles. The normalized spacial score (nSPS) is 15.2. The summed E-state index contributed by atoms with van der Waals surface area (Å²) in [4.78, 5) is 28.4. The van der Waals surface area contributed by atoms with E-state index in [9.17, 15) is 9.59 Å². The molecule has 0 bridgehead atoms. The van der Waals surface area contributed by atoms with Crippen LogP contribution in [0.2, 0.25) is 0 Å². The van der Waals surface area contributed by atoms with E-state index in [-0.39, 0.29) is 18.5 Å². The standard InChI is InChI=1S/C21H23N3O6/c1-27-16-5-3-14(11-18(16)28-2)22-20(25)13-23-7-8-24(21(23)26)15-4-6-17-19(12-15)30-10-9-29-17/h3-6,11-12H,7-10,13H2,1-2H3,(H,22,25). The minimum atomic E-state index is -0.292. The third-order valence-corrected chi connectivity index (χ3v) is 4.93. The first-order valence-corrected chi connectivity index (χ1v) is 9.57. The molecule has 0 spiro atoms. The average molecular weight is 413 g/mol. The SMILES string of the molecule is COc1ccc(NC(=O)CN2CCN(c3ccc4c(c3)OCCO4)C2=O)cc1OC. The molecule has 0 unspecified atom stereocenters. The first kappa shape index (κ1) is 19.7. The predicted molar refractivity (Wildman–Crippen MR) is 110 cm³/mol. The maximum Gasteiger partial charge on any atom is 0.325 e. The fourth-order valence-corrected chi connectivity index (χ4v) is 3.46. The zero-order chi connectivity index (χ0) is 21.1. The molecule has 2 aromatic rings. The van der Waals surface area contributed by atoms with Crippen LogP contribution in [0.1, 0.15) is 0 Å². The van der Waals surface area contributed by atoms with Crippen molar-refractivity contribution >= 4 is 23.3 Å². The summed E-state index contributed by atoms with van der Waals surface area (Å²) in [6.07, 6.45) is 0. The Kier molecular flexibility index (Phi) is 5.51. The number of rotatable bonds is 6. The summed E-state index contributed by atoms with van der Waals surface area (Å²) in [6, 6.07) is 10.3. The van der Waals surface area contributed by atoms with Gasteiger partial charge in [0, 0.05) is 36.6 Å². The van der Waals surface area contributed by atoms with Crippen molar-refractivity contribution in [1.82, 2.24) is 4.90 Å². The van der Waals surface area contributed by atoms with Crippen molar-refractivity contribution in [2.24, 2.45) is 0 Å².